The van der Waals surface area contributed by atoms with Crippen molar-refractivity contribution in [1.82, 2.24) is 0 Å². The Hall–Kier alpha value is -0.260. The monoisotopic (exact) mass is 294 g/mol. The molecule has 0 radical (unpaired) electrons. The van der Waals surface area contributed by atoms with Gasteiger partial charge in [-0.15, -0.1) is 0 Å². The van der Waals surface area contributed by atoms with Gasteiger partial charge in [0.25, 0.3) is 0 Å². The molecule has 0 amide bonds. The molecule has 0 aromatic carbocycles. The minimum Gasteiger partial charge on any atom is -0.0885 e. The van der Waals surface area contributed by atoms with Crippen molar-refractivity contribution in [1.29, 1.82) is 0 Å². The lowest BCUT2D eigenvalue weighted by molar-refractivity contribution is 0.0644. The van der Waals surface area contributed by atoms with Gasteiger partial charge in [0.15, 0.2) is 0 Å². The predicted molar refractivity (Wildman–Crippen MR) is 98.5 cm³/mol. The molecular formula is C21H42. The van der Waals surface area contributed by atoms with E-state index in [0.717, 1.165) is 36.0 Å². The molecule has 0 saturated carbocycles. The molecule has 21 heavy (non-hydrogen) atoms. The Kier molecular flexibility index (Phi) is 8.90. The highest BCUT2D eigenvalue weighted by atomic mass is 14.4. The fourth-order valence-corrected chi connectivity index (χ4v) is 3.94. The lowest BCUT2D eigenvalue weighted by Gasteiger charge is -2.44. The van der Waals surface area contributed by atoms with Crippen LogP contribution in [0.1, 0.15) is 82.1 Å². The second-order valence-electron chi connectivity index (χ2n) is 8.65. The molecule has 0 aliphatic carbocycles. The molecule has 5 unspecified atom stereocenters. The van der Waals surface area contributed by atoms with Crippen LogP contribution in [-0.4, -0.2) is 0 Å². The second-order valence-corrected chi connectivity index (χ2v) is 8.65. The van der Waals surface area contributed by atoms with Gasteiger partial charge in [-0.3, -0.25) is 0 Å². The molecule has 0 heterocycles. The fourth-order valence-electron chi connectivity index (χ4n) is 3.94. The Labute approximate surface area is 135 Å². The van der Waals surface area contributed by atoms with Gasteiger partial charge in [-0.1, -0.05) is 87.8 Å². The Morgan fingerprint density at radius 2 is 1.38 bits per heavy atom. The van der Waals surface area contributed by atoms with Gasteiger partial charge in [0.1, 0.15) is 0 Å². The zero-order valence-electron chi connectivity index (χ0n) is 16.5. The molecule has 0 aromatic heterocycles. The van der Waals surface area contributed by atoms with E-state index < -0.39 is 0 Å². The third-order valence-corrected chi connectivity index (χ3v) is 5.75. The summed E-state index contributed by atoms with van der Waals surface area (Å²) in [6.45, 7) is 24.0. The molecule has 0 nitrogen and oxygen atoms in total. The summed E-state index contributed by atoms with van der Waals surface area (Å²) in [6.07, 6.45) is 7.37. The normalized spacial score (nSPS) is 20.5. The molecule has 0 aromatic rings. The predicted octanol–water partition coefficient (Wildman–Crippen LogP) is 7.21. The molecule has 5 atom stereocenters. The summed E-state index contributed by atoms with van der Waals surface area (Å²) in [6, 6.07) is 0. The molecule has 0 aliphatic rings. The summed E-state index contributed by atoms with van der Waals surface area (Å²) in [5.41, 5.74) is 0.364. The molecule has 0 rings (SSSR count). The minimum atomic E-state index is 0.364. The first-order chi connectivity index (χ1) is 9.57. The van der Waals surface area contributed by atoms with E-state index in [-0.39, 0.29) is 0 Å². The summed E-state index contributed by atoms with van der Waals surface area (Å²) >= 11 is 0. The molecule has 0 bridgehead atoms. The molecule has 0 N–H and O–H groups in total. The smallest absolute Gasteiger partial charge is 0.0169 e. The van der Waals surface area contributed by atoms with E-state index in [1.54, 1.807) is 0 Å². The van der Waals surface area contributed by atoms with Gasteiger partial charge in [-0.05, 0) is 47.3 Å². The molecule has 0 fully saturated rings. The zero-order chi connectivity index (χ0) is 16.8. The van der Waals surface area contributed by atoms with E-state index in [4.69, 9.17) is 0 Å². The number of allylic oxidation sites excluding steroid dienone is 2. The second kappa shape index (κ2) is 9.01. The van der Waals surface area contributed by atoms with Crippen LogP contribution in [0.25, 0.3) is 0 Å². The van der Waals surface area contributed by atoms with Gasteiger partial charge in [0, 0.05) is 0 Å². The first kappa shape index (κ1) is 20.7. The van der Waals surface area contributed by atoms with Crippen LogP contribution in [0.2, 0.25) is 0 Å². The molecule has 0 heteroatoms. The van der Waals surface area contributed by atoms with Crippen LogP contribution in [0.5, 0.6) is 0 Å². The quantitative estimate of drug-likeness (QED) is 0.415. The van der Waals surface area contributed by atoms with E-state index in [1.165, 1.54) is 6.42 Å². The van der Waals surface area contributed by atoms with Crippen LogP contribution in [0.15, 0.2) is 12.2 Å². The summed E-state index contributed by atoms with van der Waals surface area (Å²) in [5.74, 6) is 4.49. The Morgan fingerprint density at radius 1 is 0.857 bits per heavy atom. The van der Waals surface area contributed by atoms with Crippen molar-refractivity contribution in [2.45, 2.75) is 82.1 Å². The Bertz CT molecular complexity index is 292. The maximum atomic E-state index is 2.55. The summed E-state index contributed by atoms with van der Waals surface area (Å²) in [4.78, 5) is 0. The Balaban J connectivity index is 5.58. The third-order valence-electron chi connectivity index (χ3n) is 5.75. The first-order valence-corrected chi connectivity index (χ1v) is 9.24. The Morgan fingerprint density at radius 3 is 1.71 bits per heavy atom. The van der Waals surface area contributed by atoms with Gasteiger partial charge in [-0.25, -0.2) is 0 Å². The summed E-state index contributed by atoms with van der Waals surface area (Å²) in [7, 11) is 0. The lowest BCUT2D eigenvalue weighted by atomic mass is 9.61. The molecule has 0 spiro atoms. The van der Waals surface area contributed by atoms with Crippen molar-refractivity contribution < 1.29 is 0 Å². The van der Waals surface area contributed by atoms with Crippen LogP contribution < -0.4 is 0 Å². The minimum absolute atomic E-state index is 0.364. The summed E-state index contributed by atoms with van der Waals surface area (Å²) in [5, 5.41) is 0. The van der Waals surface area contributed by atoms with E-state index in [2.05, 4.69) is 81.4 Å². The average molecular weight is 295 g/mol. The topological polar surface area (TPSA) is 0 Å². The average Bonchev–Trinajstić information content (AvgIpc) is 2.39. The maximum absolute atomic E-state index is 2.55. The van der Waals surface area contributed by atoms with Gasteiger partial charge < -0.3 is 0 Å². The van der Waals surface area contributed by atoms with Crippen LogP contribution in [-0.2, 0) is 0 Å². The van der Waals surface area contributed by atoms with Crippen LogP contribution >= 0.6 is 0 Å². The van der Waals surface area contributed by atoms with Crippen molar-refractivity contribution in [3.63, 3.8) is 0 Å². The zero-order valence-corrected chi connectivity index (χ0v) is 16.5. The standard InChI is InChI=1S/C21H42/c1-11-13-14-19(18(7)17(6)15(3)4)20(16(5)12-2)21(8,9)10/h13-20H,11-12H2,1-10H3. The van der Waals surface area contributed by atoms with Gasteiger partial charge in [0.05, 0.1) is 0 Å². The SMILES string of the molecule is CCC=CC(C(C)C(C)C(C)C)C(C(C)CC)C(C)(C)C. The van der Waals surface area contributed by atoms with E-state index in [0.29, 0.717) is 11.3 Å². The first-order valence-electron chi connectivity index (χ1n) is 9.24. The van der Waals surface area contributed by atoms with Gasteiger partial charge in [0.2, 0.25) is 0 Å². The highest BCUT2D eigenvalue weighted by Crippen LogP contribution is 2.45. The molecule has 126 valence electrons. The largest absolute Gasteiger partial charge is 0.0885 e. The highest BCUT2D eigenvalue weighted by molar-refractivity contribution is 4.99. The maximum Gasteiger partial charge on any atom is -0.0169 e. The van der Waals surface area contributed by atoms with Crippen molar-refractivity contribution in [2.24, 2.45) is 40.9 Å². The highest BCUT2D eigenvalue weighted by Gasteiger charge is 2.38. The van der Waals surface area contributed by atoms with Crippen molar-refractivity contribution in [2.75, 3.05) is 0 Å². The van der Waals surface area contributed by atoms with E-state index in [1.807, 2.05) is 0 Å². The molecular weight excluding hydrogens is 252 g/mol. The summed E-state index contributed by atoms with van der Waals surface area (Å²) < 4.78 is 0. The van der Waals surface area contributed by atoms with Crippen LogP contribution in [0.4, 0.5) is 0 Å². The number of hydrogen-bond acceptors (Lipinski definition) is 0. The van der Waals surface area contributed by atoms with Gasteiger partial charge >= 0.3 is 0 Å². The van der Waals surface area contributed by atoms with E-state index in [9.17, 15) is 0 Å². The lowest BCUT2D eigenvalue weighted by Crippen LogP contribution is -2.38. The van der Waals surface area contributed by atoms with Crippen molar-refractivity contribution in [3.05, 3.63) is 12.2 Å². The van der Waals surface area contributed by atoms with E-state index >= 15 is 0 Å². The molecule has 0 saturated heterocycles. The van der Waals surface area contributed by atoms with Crippen LogP contribution in [0.3, 0.4) is 0 Å². The van der Waals surface area contributed by atoms with Gasteiger partial charge in [-0.2, -0.15) is 0 Å². The third kappa shape index (κ3) is 6.17. The van der Waals surface area contributed by atoms with Crippen molar-refractivity contribution in [3.8, 4) is 0 Å². The number of rotatable bonds is 8. The fraction of sp³-hybridized carbons (Fsp3) is 0.905. The number of hydrogen-bond donors (Lipinski definition) is 0. The van der Waals surface area contributed by atoms with Crippen molar-refractivity contribution >= 4 is 0 Å². The van der Waals surface area contributed by atoms with Crippen LogP contribution in [0, 0.1) is 40.9 Å². The molecule has 0 aliphatic heterocycles.